The molecule has 2 rings (SSSR count). The lowest BCUT2D eigenvalue weighted by Crippen LogP contribution is -2.28. The fourth-order valence-electron chi connectivity index (χ4n) is 1.93. The van der Waals surface area contributed by atoms with Gasteiger partial charge in [-0.2, -0.15) is 0 Å². The number of amides is 3. The average molecular weight is 342 g/mol. The fourth-order valence-corrected chi connectivity index (χ4v) is 2.12. The molecule has 6 heteroatoms. The van der Waals surface area contributed by atoms with E-state index in [1.807, 2.05) is 0 Å². The summed E-state index contributed by atoms with van der Waals surface area (Å²) in [7, 11) is 1.56. The van der Waals surface area contributed by atoms with Gasteiger partial charge in [0.15, 0.2) is 0 Å². The van der Waals surface area contributed by atoms with Crippen molar-refractivity contribution in [2.75, 3.05) is 18.9 Å². The van der Waals surface area contributed by atoms with Gasteiger partial charge in [-0.25, -0.2) is 4.79 Å². The second-order valence-electron chi connectivity index (χ2n) is 4.74. The molecular formula is C18H16ClN3O2. The number of urea groups is 1. The average Bonchev–Trinajstić information content (AvgIpc) is 2.58. The molecule has 0 saturated heterocycles. The molecule has 2 aromatic rings. The van der Waals surface area contributed by atoms with Gasteiger partial charge in [0.05, 0.1) is 12.1 Å². The van der Waals surface area contributed by atoms with Gasteiger partial charge in [-0.3, -0.25) is 4.79 Å². The normalized spacial score (nSPS) is 9.42. The van der Waals surface area contributed by atoms with E-state index in [1.165, 1.54) is 0 Å². The molecule has 0 aliphatic rings. The molecule has 3 N–H and O–H groups in total. The Bertz CT molecular complexity index is 809. The summed E-state index contributed by atoms with van der Waals surface area (Å²) in [6.07, 6.45) is 0. The van der Waals surface area contributed by atoms with E-state index in [0.29, 0.717) is 21.8 Å². The number of hydrogen-bond donors (Lipinski definition) is 3. The standard InChI is InChI=1S/C18H16ClN3O2/c1-20-17(23)16-10-3-2-6-13(16)7-5-11-21-18(24)22-15-9-4-8-14(19)12-15/h2-4,6,8-10,12H,11H2,1H3,(H,20,23)(H2,21,22,24). The summed E-state index contributed by atoms with van der Waals surface area (Å²) in [4.78, 5) is 23.5. The Morgan fingerprint density at radius 2 is 1.92 bits per heavy atom. The Hall–Kier alpha value is -2.97. The first-order valence-corrected chi connectivity index (χ1v) is 7.58. The minimum Gasteiger partial charge on any atom is -0.355 e. The number of halogens is 1. The molecule has 0 atom stereocenters. The molecule has 0 saturated carbocycles. The van der Waals surface area contributed by atoms with Crippen molar-refractivity contribution < 1.29 is 9.59 Å². The van der Waals surface area contributed by atoms with Gasteiger partial charge in [-0.15, -0.1) is 0 Å². The Balaban J connectivity index is 1.92. The summed E-state index contributed by atoms with van der Waals surface area (Å²) in [6, 6.07) is 13.5. The number of nitrogens with one attached hydrogen (secondary N) is 3. The molecule has 0 bridgehead atoms. The molecular weight excluding hydrogens is 326 g/mol. The van der Waals surface area contributed by atoms with Gasteiger partial charge in [0.25, 0.3) is 5.91 Å². The molecule has 0 aromatic heterocycles. The highest BCUT2D eigenvalue weighted by Crippen LogP contribution is 2.14. The summed E-state index contributed by atoms with van der Waals surface area (Å²) in [5, 5.41) is 8.38. The summed E-state index contributed by atoms with van der Waals surface area (Å²) in [5.74, 6) is 5.50. The third kappa shape index (κ3) is 5.04. The molecule has 0 aliphatic carbocycles. The van der Waals surface area contributed by atoms with Gasteiger partial charge in [0.1, 0.15) is 0 Å². The van der Waals surface area contributed by atoms with Crippen LogP contribution in [0.2, 0.25) is 5.02 Å². The van der Waals surface area contributed by atoms with Gasteiger partial charge in [-0.05, 0) is 30.3 Å². The summed E-state index contributed by atoms with van der Waals surface area (Å²) < 4.78 is 0. The highest BCUT2D eigenvalue weighted by Gasteiger charge is 2.06. The predicted molar refractivity (Wildman–Crippen MR) is 95.2 cm³/mol. The van der Waals surface area contributed by atoms with Crippen LogP contribution < -0.4 is 16.0 Å². The van der Waals surface area contributed by atoms with Crippen molar-refractivity contribution in [3.63, 3.8) is 0 Å². The third-order valence-corrected chi connectivity index (χ3v) is 3.28. The summed E-state index contributed by atoms with van der Waals surface area (Å²) in [6.45, 7) is 0.147. The van der Waals surface area contributed by atoms with Crippen molar-refractivity contribution in [2.45, 2.75) is 0 Å². The zero-order chi connectivity index (χ0) is 17.4. The number of carbonyl (C=O) groups is 2. The van der Waals surface area contributed by atoms with Crippen LogP contribution in [0.5, 0.6) is 0 Å². The molecule has 24 heavy (non-hydrogen) atoms. The van der Waals surface area contributed by atoms with E-state index in [-0.39, 0.29) is 18.5 Å². The van der Waals surface area contributed by atoms with Crippen molar-refractivity contribution in [3.05, 3.63) is 64.7 Å². The quantitative estimate of drug-likeness (QED) is 0.751. The maximum absolute atomic E-state index is 11.8. The third-order valence-electron chi connectivity index (χ3n) is 3.04. The van der Waals surface area contributed by atoms with Crippen LogP contribution in [0.15, 0.2) is 48.5 Å². The summed E-state index contributed by atoms with van der Waals surface area (Å²) in [5.41, 5.74) is 1.70. The van der Waals surface area contributed by atoms with Crippen LogP contribution in [0.1, 0.15) is 15.9 Å². The van der Waals surface area contributed by atoms with Crippen molar-refractivity contribution in [2.24, 2.45) is 0 Å². The van der Waals surface area contributed by atoms with E-state index in [2.05, 4.69) is 27.8 Å². The molecule has 122 valence electrons. The molecule has 5 nitrogen and oxygen atoms in total. The van der Waals surface area contributed by atoms with Crippen LogP contribution in [0.25, 0.3) is 0 Å². The lowest BCUT2D eigenvalue weighted by molar-refractivity contribution is 0.0963. The van der Waals surface area contributed by atoms with Crippen LogP contribution in [0.3, 0.4) is 0 Å². The van der Waals surface area contributed by atoms with E-state index in [0.717, 1.165) is 0 Å². The maximum Gasteiger partial charge on any atom is 0.319 e. The van der Waals surface area contributed by atoms with E-state index >= 15 is 0 Å². The minimum absolute atomic E-state index is 0.147. The molecule has 0 spiro atoms. The number of carbonyl (C=O) groups excluding carboxylic acids is 2. The van der Waals surface area contributed by atoms with Crippen molar-refractivity contribution in [1.29, 1.82) is 0 Å². The molecule has 0 fully saturated rings. The first kappa shape index (κ1) is 17.4. The van der Waals surface area contributed by atoms with E-state index in [1.54, 1.807) is 55.6 Å². The zero-order valence-corrected chi connectivity index (χ0v) is 13.8. The second-order valence-corrected chi connectivity index (χ2v) is 5.18. The largest absolute Gasteiger partial charge is 0.355 e. The number of benzene rings is 2. The Morgan fingerprint density at radius 1 is 1.12 bits per heavy atom. The minimum atomic E-state index is -0.383. The topological polar surface area (TPSA) is 70.2 Å². The lowest BCUT2D eigenvalue weighted by Gasteiger charge is -2.05. The monoisotopic (exact) mass is 341 g/mol. The van der Waals surface area contributed by atoms with Crippen molar-refractivity contribution in [3.8, 4) is 11.8 Å². The molecule has 0 unspecified atom stereocenters. The van der Waals surface area contributed by atoms with Gasteiger partial charge >= 0.3 is 6.03 Å². The van der Waals surface area contributed by atoms with Gasteiger partial charge in [0, 0.05) is 23.3 Å². The maximum atomic E-state index is 11.8. The zero-order valence-electron chi connectivity index (χ0n) is 13.0. The van der Waals surface area contributed by atoms with Crippen LogP contribution in [0, 0.1) is 11.8 Å². The molecule has 0 aliphatic heterocycles. The molecule has 0 heterocycles. The molecule has 2 aromatic carbocycles. The highest BCUT2D eigenvalue weighted by atomic mass is 35.5. The van der Waals surface area contributed by atoms with Crippen LogP contribution in [-0.4, -0.2) is 25.5 Å². The Labute approximate surface area is 145 Å². The van der Waals surface area contributed by atoms with Gasteiger partial charge in [0.2, 0.25) is 0 Å². The van der Waals surface area contributed by atoms with Crippen LogP contribution in [-0.2, 0) is 0 Å². The van der Waals surface area contributed by atoms with E-state index in [4.69, 9.17) is 11.6 Å². The lowest BCUT2D eigenvalue weighted by atomic mass is 10.1. The van der Waals surface area contributed by atoms with Crippen molar-refractivity contribution >= 4 is 29.2 Å². The molecule has 0 radical (unpaired) electrons. The van der Waals surface area contributed by atoms with Crippen LogP contribution in [0.4, 0.5) is 10.5 Å². The van der Waals surface area contributed by atoms with E-state index < -0.39 is 0 Å². The fraction of sp³-hybridized carbons (Fsp3) is 0.111. The first-order chi connectivity index (χ1) is 11.6. The predicted octanol–water partition coefficient (Wildman–Crippen LogP) is 2.87. The molecule has 3 amide bonds. The number of anilines is 1. The number of rotatable bonds is 3. The first-order valence-electron chi connectivity index (χ1n) is 7.20. The SMILES string of the molecule is CNC(=O)c1ccccc1C#CCNC(=O)Nc1cccc(Cl)c1. The van der Waals surface area contributed by atoms with Gasteiger partial charge < -0.3 is 16.0 Å². The second kappa shape index (κ2) is 8.61. The van der Waals surface area contributed by atoms with Crippen molar-refractivity contribution in [1.82, 2.24) is 10.6 Å². The summed E-state index contributed by atoms with van der Waals surface area (Å²) >= 11 is 5.85. The number of hydrogen-bond acceptors (Lipinski definition) is 2. The smallest absolute Gasteiger partial charge is 0.319 e. The Kier molecular flexibility index (Phi) is 6.23. The van der Waals surface area contributed by atoms with Gasteiger partial charge in [-0.1, -0.05) is 41.6 Å². The highest BCUT2D eigenvalue weighted by molar-refractivity contribution is 6.30. The van der Waals surface area contributed by atoms with Crippen LogP contribution >= 0.6 is 11.6 Å². The van der Waals surface area contributed by atoms with E-state index in [9.17, 15) is 9.59 Å². The Morgan fingerprint density at radius 3 is 2.67 bits per heavy atom.